The van der Waals surface area contributed by atoms with E-state index in [4.69, 9.17) is 9.47 Å². The summed E-state index contributed by atoms with van der Waals surface area (Å²) >= 11 is 2.43. The number of amides is 3. The number of urea groups is 1. The number of carbonyl (C=O) groups excluding carboxylic acids is 2. The number of nitrogens with zero attached hydrogens (tertiary/aromatic N) is 2. The first-order valence-electron chi connectivity index (χ1n) is 9.36. The number of hydrogen-bond donors (Lipinski definition) is 3. The van der Waals surface area contributed by atoms with Crippen molar-refractivity contribution in [3.63, 3.8) is 0 Å². The molecule has 9 nitrogen and oxygen atoms in total. The maximum atomic E-state index is 12.2. The number of rotatable bonds is 6. The summed E-state index contributed by atoms with van der Waals surface area (Å²) in [6.07, 6.45) is 0. The van der Waals surface area contributed by atoms with Crippen molar-refractivity contribution < 1.29 is 19.1 Å². The Kier molecular flexibility index (Phi) is 6.53. The van der Waals surface area contributed by atoms with Crippen LogP contribution in [0.5, 0.6) is 11.5 Å². The van der Waals surface area contributed by atoms with Crippen LogP contribution in [-0.4, -0.2) is 41.1 Å². The Labute approximate surface area is 186 Å². The van der Waals surface area contributed by atoms with Crippen LogP contribution in [0, 0.1) is 6.92 Å². The Morgan fingerprint density at radius 3 is 2.52 bits per heavy atom. The third-order valence-corrected chi connectivity index (χ3v) is 6.06. The summed E-state index contributed by atoms with van der Waals surface area (Å²) in [7, 11) is 0. The molecule has 0 atom stereocenters. The minimum absolute atomic E-state index is 0.151. The van der Waals surface area contributed by atoms with Gasteiger partial charge in [-0.05, 0) is 31.2 Å². The molecular weight excluding hydrogens is 438 g/mol. The highest BCUT2D eigenvalue weighted by Crippen LogP contribution is 2.33. The van der Waals surface area contributed by atoms with Crippen LogP contribution < -0.4 is 25.4 Å². The fourth-order valence-corrected chi connectivity index (χ4v) is 4.21. The molecule has 1 aliphatic heterocycles. The second kappa shape index (κ2) is 9.67. The molecule has 0 bridgehead atoms. The predicted octanol–water partition coefficient (Wildman–Crippen LogP) is 3.99. The van der Waals surface area contributed by atoms with Crippen molar-refractivity contribution in [2.75, 3.05) is 34.9 Å². The SMILES string of the molecule is Cc1ccc(NC(=O)Nc2nnc(SCC(=O)Nc3ccc4c(c3)OCCO4)s2)cc1. The molecule has 0 aliphatic carbocycles. The number of nitrogens with one attached hydrogen (secondary N) is 3. The van der Waals surface area contributed by atoms with Crippen LogP contribution in [0.2, 0.25) is 0 Å². The molecule has 2 aromatic carbocycles. The second-order valence-corrected chi connectivity index (χ2v) is 8.71. The summed E-state index contributed by atoms with van der Waals surface area (Å²) in [6, 6.07) is 12.3. The molecule has 0 unspecified atom stereocenters. The average Bonchev–Trinajstić information content (AvgIpc) is 3.21. The van der Waals surface area contributed by atoms with Crippen LogP contribution in [0.25, 0.3) is 0 Å². The Hall–Kier alpha value is -3.31. The van der Waals surface area contributed by atoms with Crippen molar-refractivity contribution >= 4 is 51.5 Å². The fraction of sp³-hybridized carbons (Fsp3) is 0.200. The van der Waals surface area contributed by atoms with E-state index in [1.165, 1.54) is 23.1 Å². The molecule has 0 radical (unpaired) electrons. The minimum Gasteiger partial charge on any atom is -0.486 e. The van der Waals surface area contributed by atoms with E-state index in [1.807, 2.05) is 31.2 Å². The fourth-order valence-electron chi connectivity index (χ4n) is 2.66. The lowest BCUT2D eigenvalue weighted by Gasteiger charge is -2.18. The molecular formula is C20H19N5O4S2. The molecule has 0 saturated heterocycles. The van der Waals surface area contributed by atoms with Gasteiger partial charge >= 0.3 is 6.03 Å². The quantitative estimate of drug-likeness (QED) is 0.379. The molecule has 31 heavy (non-hydrogen) atoms. The topological polar surface area (TPSA) is 114 Å². The van der Waals surface area contributed by atoms with Crippen molar-refractivity contribution in [1.82, 2.24) is 10.2 Å². The third kappa shape index (κ3) is 5.86. The molecule has 160 valence electrons. The van der Waals surface area contributed by atoms with Crippen LogP contribution in [0.15, 0.2) is 46.8 Å². The molecule has 1 aliphatic rings. The van der Waals surface area contributed by atoms with E-state index in [2.05, 4.69) is 26.1 Å². The van der Waals surface area contributed by atoms with Gasteiger partial charge in [0.05, 0.1) is 5.75 Å². The van der Waals surface area contributed by atoms with E-state index < -0.39 is 6.03 Å². The number of anilines is 3. The number of thioether (sulfide) groups is 1. The van der Waals surface area contributed by atoms with Gasteiger partial charge in [-0.3, -0.25) is 10.1 Å². The van der Waals surface area contributed by atoms with Gasteiger partial charge in [-0.2, -0.15) is 0 Å². The van der Waals surface area contributed by atoms with Crippen LogP contribution >= 0.6 is 23.1 Å². The van der Waals surface area contributed by atoms with Crippen molar-refractivity contribution in [2.45, 2.75) is 11.3 Å². The molecule has 3 N–H and O–H groups in total. The molecule has 4 rings (SSSR count). The zero-order valence-electron chi connectivity index (χ0n) is 16.5. The smallest absolute Gasteiger partial charge is 0.325 e. The zero-order valence-corrected chi connectivity index (χ0v) is 18.1. The molecule has 0 saturated carbocycles. The first-order chi connectivity index (χ1) is 15.0. The molecule has 3 aromatic rings. The highest BCUT2D eigenvalue weighted by atomic mass is 32.2. The van der Waals surface area contributed by atoms with Crippen LogP contribution in [0.4, 0.5) is 21.3 Å². The number of aromatic nitrogens is 2. The number of hydrogen-bond acceptors (Lipinski definition) is 8. The maximum absolute atomic E-state index is 12.2. The molecule has 11 heteroatoms. The van der Waals surface area contributed by atoms with Crippen LogP contribution in [-0.2, 0) is 4.79 Å². The molecule has 3 amide bonds. The minimum atomic E-state index is -0.409. The summed E-state index contributed by atoms with van der Waals surface area (Å²) in [6.45, 7) is 2.97. The van der Waals surface area contributed by atoms with Gasteiger partial charge in [0.15, 0.2) is 15.8 Å². The largest absolute Gasteiger partial charge is 0.486 e. The molecule has 1 aromatic heterocycles. The van der Waals surface area contributed by atoms with E-state index in [-0.39, 0.29) is 11.7 Å². The van der Waals surface area contributed by atoms with Gasteiger partial charge < -0.3 is 20.1 Å². The number of carbonyl (C=O) groups is 2. The maximum Gasteiger partial charge on any atom is 0.325 e. The Morgan fingerprint density at radius 2 is 1.71 bits per heavy atom. The number of aryl methyl sites for hydroxylation is 1. The van der Waals surface area contributed by atoms with Crippen molar-refractivity contribution in [3.05, 3.63) is 48.0 Å². The number of ether oxygens (including phenoxy) is 2. The first-order valence-corrected chi connectivity index (χ1v) is 11.2. The van der Waals surface area contributed by atoms with Gasteiger partial charge in [-0.25, -0.2) is 4.79 Å². The van der Waals surface area contributed by atoms with E-state index in [0.717, 1.165) is 5.56 Å². The van der Waals surface area contributed by atoms with Gasteiger partial charge in [0, 0.05) is 17.4 Å². The van der Waals surface area contributed by atoms with Gasteiger partial charge in [0.25, 0.3) is 0 Å². The van der Waals surface area contributed by atoms with E-state index in [0.29, 0.717) is 45.6 Å². The lowest BCUT2D eigenvalue weighted by Crippen LogP contribution is -2.19. The Morgan fingerprint density at radius 1 is 0.968 bits per heavy atom. The normalized spacial score (nSPS) is 12.2. The molecule has 0 spiro atoms. The van der Waals surface area contributed by atoms with Gasteiger partial charge in [-0.1, -0.05) is 40.8 Å². The van der Waals surface area contributed by atoms with Crippen molar-refractivity contribution in [3.8, 4) is 11.5 Å². The predicted molar refractivity (Wildman–Crippen MR) is 121 cm³/mol. The van der Waals surface area contributed by atoms with Gasteiger partial charge in [-0.15, -0.1) is 10.2 Å². The summed E-state index contributed by atoms with van der Waals surface area (Å²) in [5.74, 6) is 1.24. The van der Waals surface area contributed by atoms with Crippen molar-refractivity contribution in [1.29, 1.82) is 0 Å². The summed E-state index contributed by atoms with van der Waals surface area (Å²) in [5.41, 5.74) is 2.41. The van der Waals surface area contributed by atoms with Crippen LogP contribution in [0.3, 0.4) is 0 Å². The summed E-state index contributed by atoms with van der Waals surface area (Å²) in [4.78, 5) is 24.3. The number of benzene rings is 2. The first kappa shape index (κ1) is 20.9. The summed E-state index contributed by atoms with van der Waals surface area (Å²) in [5, 5.41) is 16.5. The molecule has 2 heterocycles. The standard InChI is InChI=1S/C20H19N5O4S2/c1-12-2-4-13(5-3-12)22-18(27)23-19-24-25-20(31-19)30-11-17(26)21-14-6-7-15-16(10-14)29-9-8-28-15/h2-7,10H,8-9,11H2,1H3,(H,21,26)(H2,22,23,24,27). The van der Waals surface area contributed by atoms with E-state index >= 15 is 0 Å². The Bertz CT molecular complexity index is 1090. The monoisotopic (exact) mass is 457 g/mol. The van der Waals surface area contributed by atoms with Crippen molar-refractivity contribution in [2.24, 2.45) is 0 Å². The number of fused-ring (bicyclic) bond motifs is 1. The van der Waals surface area contributed by atoms with E-state index in [9.17, 15) is 9.59 Å². The lowest BCUT2D eigenvalue weighted by molar-refractivity contribution is -0.113. The van der Waals surface area contributed by atoms with E-state index in [1.54, 1.807) is 18.2 Å². The zero-order chi connectivity index (χ0) is 21.6. The molecule has 0 fully saturated rings. The van der Waals surface area contributed by atoms with Gasteiger partial charge in [0.1, 0.15) is 13.2 Å². The Balaban J connectivity index is 1.24. The lowest BCUT2D eigenvalue weighted by atomic mass is 10.2. The van der Waals surface area contributed by atoms with Gasteiger partial charge in [0.2, 0.25) is 11.0 Å². The third-order valence-electron chi connectivity index (χ3n) is 4.09. The average molecular weight is 458 g/mol. The second-order valence-electron chi connectivity index (χ2n) is 6.51. The highest BCUT2D eigenvalue weighted by molar-refractivity contribution is 8.01. The van der Waals surface area contributed by atoms with Crippen LogP contribution in [0.1, 0.15) is 5.56 Å². The highest BCUT2D eigenvalue weighted by Gasteiger charge is 2.14. The summed E-state index contributed by atoms with van der Waals surface area (Å²) < 4.78 is 11.6.